The minimum atomic E-state index is 0.667. The summed E-state index contributed by atoms with van der Waals surface area (Å²) in [5.41, 5.74) is 0. The molecule has 0 aliphatic heterocycles. The van der Waals surface area contributed by atoms with E-state index in [4.69, 9.17) is 4.74 Å². The number of hydrogen-bond acceptors (Lipinski definition) is 2. The summed E-state index contributed by atoms with van der Waals surface area (Å²) in [4.78, 5) is 0. The minimum Gasteiger partial charge on any atom is -0.383 e. The molecular weight excluding hydrogens is 150 g/mol. The number of ether oxygens (including phenoxy) is 1. The van der Waals surface area contributed by atoms with Crippen molar-refractivity contribution in [3.63, 3.8) is 0 Å². The fourth-order valence-electron chi connectivity index (χ4n) is 1.33. The van der Waals surface area contributed by atoms with Gasteiger partial charge >= 0.3 is 0 Å². The van der Waals surface area contributed by atoms with Gasteiger partial charge in [0.25, 0.3) is 0 Å². The lowest BCUT2D eigenvalue weighted by Gasteiger charge is -2.18. The average Bonchev–Trinajstić information content (AvgIpc) is 2.02. The standard InChI is InChI=1S/C10H23NO/c1-5-10(8-9(2)3)11-6-7-12-4/h9-11H,5-8H2,1-4H3. The van der Waals surface area contributed by atoms with Gasteiger partial charge in [0.2, 0.25) is 0 Å². The number of hydrogen-bond donors (Lipinski definition) is 1. The molecule has 0 spiro atoms. The van der Waals surface area contributed by atoms with Crippen LogP contribution in [0.25, 0.3) is 0 Å². The van der Waals surface area contributed by atoms with Gasteiger partial charge in [0.05, 0.1) is 6.61 Å². The van der Waals surface area contributed by atoms with E-state index in [-0.39, 0.29) is 0 Å². The first-order valence-corrected chi connectivity index (χ1v) is 4.93. The van der Waals surface area contributed by atoms with E-state index in [1.807, 2.05) is 0 Å². The van der Waals surface area contributed by atoms with E-state index < -0.39 is 0 Å². The maximum Gasteiger partial charge on any atom is 0.0587 e. The molecule has 12 heavy (non-hydrogen) atoms. The molecule has 2 heteroatoms. The van der Waals surface area contributed by atoms with Gasteiger partial charge in [-0.3, -0.25) is 0 Å². The Labute approximate surface area is 76.7 Å². The highest BCUT2D eigenvalue weighted by molar-refractivity contribution is 4.66. The van der Waals surface area contributed by atoms with Crippen LogP contribution < -0.4 is 5.32 Å². The zero-order valence-electron chi connectivity index (χ0n) is 8.89. The third kappa shape index (κ3) is 6.62. The smallest absolute Gasteiger partial charge is 0.0587 e. The minimum absolute atomic E-state index is 0.667. The van der Waals surface area contributed by atoms with E-state index in [0.29, 0.717) is 6.04 Å². The van der Waals surface area contributed by atoms with Gasteiger partial charge in [0.15, 0.2) is 0 Å². The average molecular weight is 173 g/mol. The first-order chi connectivity index (χ1) is 5.70. The number of nitrogens with one attached hydrogen (secondary N) is 1. The highest BCUT2D eigenvalue weighted by Gasteiger charge is 2.06. The van der Waals surface area contributed by atoms with E-state index >= 15 is 0 Å². The molecule has 0 aliphatic rings. The van der Waals surface area contributed by atoms with E-state index in [9.17, 15) is 0 Å². The van der Waals surface area contributed by atoms with Crippen molar-refractivity contribution in [3.05, 3.63) is 0 Å². The summed E-state index contributed by atoms with van der Waals surface area (Å²) in [6.45, 7) is 8.55. The Morgan fingerprint density at radius 1 is 1.33 bits per heavy atom. The van der Waals surface area contributed by atoms with Crippen LogP contribution in [-0.4, -0.2) is 26.3 Å². The van der Waals surface area contributed by atoms with Gasteiger partial charge in [-0.15, -0.1) is 0 Å². The van der Waals surface area contributed by atoms with Crippen molar-refractivity contribution in [3.8, 4) is 0 Å². The van der Waals surface area contributed by atoms with Gasteiger partial charge in [-0.1, -0.05) is 20.8 Å². The van der Waals surface area contributed by atoms with E-state index in [1.165, 1.54) is 12.8 Å². The van der Waals surface area contributed by atoms with E-state index in [2.05, 4.69) is 26.1 Å². The van der Waals surface area contributed by atoms with Crippen LogP contribution >= 0.6 is 0 Å². The fraction of sp³-hybridized carbons (Fsp3) is 1.00. The second kappa shape index (κ2) is 7.56. The largest absolute Gasteiger partial charge is 0.383 e. The topological polar surface area (TPSA) is 21.3 Å². The van der Waals surface area contributed by atoms with Crippen LogP contribution in [-0.2, 0) is 4.74 Å². The second-order valence-electron chi connectivity index (χ2n) is 3.68. The van der Waals surface area contributed by atoms with Crippen molar-refractivity contribution in [2.24, 2.45) is 5.92 Å². The lowest BCUT2D eigenvalue weighted by Crippen LogP contribution is -2.32. The zero-order chi connectivity index (χ0) is 9.40. The van der Waals surface area contributed by atoms with Crippen molar-refractivity contribution in [2.45, 2.75) is 39.7 Å². The van der Waals surface area contributed by atoms with Gasteiger partial charge in [0.1, 0.15) is 0 Å². The Kier molecular flexibility index (Phi) is 7.51. The lowest BCUT2D eigenvalue weighted by atomic mass is 10.0. The Hall–Kier alpha value is -0.0800. The molecule has 1 atom stereocenters. The van der Waals surface area contributed by atoms with Crippen molar-refractivity contribution in [1.29, 1.82) is 0 Å². The summed E-state index contributed by atoms with van der Waals surface area (Å²) in [5.74, 6) is 0.782. The maximum absolute atomic E-state index is 4.98. The molecule has 0 aromatic heterocycles. The highest BCUT2D eigenvalue weighted by atomic mass is 16.5. The zero-order valence-corrected chi connectivity index (χ0v) is 8.89. The molecule has 0 fully saturated rings. The Balaban J connectivity index is 3.39. The molecule has 0 bridgehead atoms. The number of rotatable bonds is 7. The SMILES string of the molecule is CCC(CC(C)C)NCCOC. The molecule has 0 heterocycles. The first kappa shape index (κ1) is 11.9. The molecule has 0 aromatic rings. The summed E-state index contributed by atoms with van der Waals surface area (Å²) in [5, 5.41) is 3.48. The molecule has 0 aliphatic carbocycles. The van der Waals surface area contributed by atoms with Gasteiger partial charge in [0, 0.05) is 19.7 Å². The lowest BCUT2D eigenvalue weighted by molar-refractivity contribution is 0.193. The molecule has 0 amide bonds. The molecule has 0 radical (unpaired) electrons. The van der Waals surface area contributed by atoms with Crippen LogP contribution in [0.4, 0.5) is 0 Å². The molecule has 1 unspecified atom stereocenters. The Morgan fingerprint density at radius 2 is 2.00 bits per heavy atom. The third-order valence-corrected chi connectivity index (χ3v) is 1.99. The van der Waals surface area contributed by atoms with Gasteiger partial charge in [-0.25, -0.2) is 0 Å². The molecule has 1 N–H and O–H groups in total. The molecule has 0 aromatic carbocycles. The summed E-state index contributed by atoms with van der Waals surface area (Å²) >= 11 is 0. The monoisotopic (exact) mass is 173 g/mol. The van der Waals surface area contributed by atoms with Crippen molar-refractivity contribution in [2.75, 3.05) is 20.3 Å². The van der Waals surface area contributed by atoms with Crippen LogP contribution in [0.1, 0.15) is 33.6 Å². The summed E-state index contributed by atoms with van der Waals surface area (Å²) < 4.78 is 4.98. The van der Waals surface area contributed by atoms with Crippen molar-refractivity contribution in [1.82, 2.24) is 5.32 Å². The third-order valence-electron chi connectivity index (χ3n) is 1.99. The Bertz CT molecular complexity index is 93.8. The maximum atomic E-state index is 4.98. The second-order valence-corrected chi connectivity index (χ2v) is 3.68. The molecule has 2 nitrogen and oxygen atoms in total. The summed E-state index contributed by atoms with van der Waals surface area (Å²) in [6.07, 6.45) is 2.47. The molecule has 74 valence electrons. The van der Waals surface area contributed by atoms with Crippen molar-refractivity contribution < 1.29 is 4.74 Å². The Morgan fingerprint density at radius 3 is 2.42 bits per heavy atom. The van der Waals surface area contributed by atoms with E-state index in [0.717, 1.165) is 19.1 Å². The van der Waals surface area contributed by atoms with Crippen LogP contribution in [0, 0.1) is 5.92 Å². The highest BCUT2D eigenvalue weighted by Crippen LogP contribution is 2.06. The number of methoxy groups -OCH3 is 1. The first-order valence-electron chi connectivity index (χ1n) is 4.93. The fourth-order valence-corrected chi connectivity index (χ4v) is 1.33. The molecule has 0 rings (SSSR count). The summed E-state index contributed by atoms with van der Waals surface area (Å²) in [6, 6.07) is 0.667. The van der Waals surface area contributed by atoms with E-state index in [1.54, 1.807) is 7.11 Å². The molecule has 0 saturated carbocycles. The molecular formula is C10H23NO. The normalized spacial score (nSPS) is 13.8. The van der Waals surface area contributed by atoms with Gasteiger partial charge < -0.3 is 10.1 Å². The van der Waals surface area contributed by atoms with Crippen LogP contribution in [0.15, 0.2) is 0 Å². The summed E-state index contributed by atoms with van der Waals surface area (Å²) in [7, 11) is 1.74. The van der Waals surface area contributed by atoms with Crippen molar-refractivity contribution >= 4 is 0 Å². The van der Waals surface area contributed by atoms with Crippen LogP contribution in [0.5, 0.6) is 0 Å². The molecule has 0 saturated heterocycles. The van der Waals surface area contributed by atoms with Crippen LogP contribution in [0.3, 0.4) is 0 Å². The van der Waals surface area contributed by atoms with Crippen LogP contribution in [0.2, 0.25) is 0 Å². The predicted octanol–water partition coefficient (Wildman–Crippen LogP) is 2.05. The van der Waals surface area contributed by atoms with Gasteiger partial charge in [-0.2, -0.15) is 0 Å². The quantitative estimate of drug-likeness (QED) is 0.595. The predicted molar refractivity (Wildman–Crippen MR) is 53.4 cm³/mol. The van der Waals surface area contributed by atoms with Gasteiger partial charge in [-0.05, 0) is 18.8 Å².